The topological polar surface area (TPSA) is 56.2 Å². The van der Waals surface area contributed by atoms with Crippen LogP contribution in [0.3, 0.4) is 0 Å². The number of para-hydroxylation sites is 1. The predicted molar refractivity (Wildman–Crippen MR) is 118 cm³/mol. The Morgan fingerprint density at radius 2 is 1.93 bits per heavy atom. The molecule has 1 N–H and O–H groups in total. The van der Waals surface area contributed by atoms with Gasteiger partial charge in [-0.05, 0) is 38.5 Å². The summed E-state index contributed by atoms with van der Waals surface area (Å²) < 4.78 is 7.67. The summed E-state index contributed by atoms with van der Waals surface area (Å²) in [5.41, 5.74) is 6.44. The van der Waals surface area contributed by atoms with Gasteiger partial charge in [-0.1, -0.05) is 48.0 Å². The first-order chi connectivity index (χ1) is 14.5. The number of hydrogen-bond acceptors (Lipinski definition) is 3. The van der Waals surface area contributed by atoms with E-state index >= 15 is 0 Å². The van der Waals surface area contributed by atoms with Crippen molar-refractivity contribution in [2.45, 2.75) is 39.8 Å². The molecule has 0 radical (unpaired) electrons. The second-order valence-corrected chi connectivity index (χ2v) is 7.80. The molecule has 1 aliphatic rings. The Morgan fingerprint density at radius 1 is 1.17 bits per heavy atom. The molecule has 0 spiro atoms. The van der Waals surface area contributed by atoms with Crippen molar-refractivity contribution < 1.29 is 9.53 Å². The fourth-order valence-electron chi connectivity index (χ4n) is 3.84. The number of nitrogens with zero attached hydrogens (tertiary/aromatic N) is 2. The SMILES string of the molecule is Cc1ccc(Cn2nc(C)c(/C=C/C(=O)NC3CCOc4ccccc43)c2C)cc1. The number of ether oxygens (including phenoxy) is 1. The summed E-state index contributed by atoms with van der Waals surface area (Å²) in [5, 5.41) is 7.77. The predicted octanol–water partition coefficient (Wildman–Crippen LogP) is 4.51. The molecule has 154 valence electrons. The van der Waals surface area contributed by atoms with Gasteiger partial charge in [0.05, 0.1) is 24.9 Å². The lowest BCUT2D eigenvalue weighted by molar-refractivity contribution is -0.117. The average molecular weight is 402 g/mol. The minimum atomic E-state index is -0.109. The van der Waals surface area contributed by atoms with E-state index in [2.05, 4.69) is 41.6 Å². The highest BCUT2D eigenvalue weighted by molar-refractivity contribution is 5.92. The number of hydrogen-bond donors (Lipinski definition) is 1. The van der Waals surface area contributed by atoms with E-state index in [1.54, 1.807) is 6.08 Å². The van der Waals surface area contributed by atoms with Crippen LogP contribution in [-0.2, 0) is 11.3 Å². The first kappa shape index (κ1) is 20.0. The smallest absolute Gasteiger partial charge is 0.244 e. The zero-order valence-corrected chi connectivity index (χ0v) is 17.7. The molecule has 4 rings (SSSR count). The van der Waals surface area contributed by atoms with Gasteiger partial charge < -0.3 is 10.1 Å². The van der Waals surface area contributed by atoms with E-state index in [0.29, 0.717) is 13.2 Å². The second-order valence-electron chi connectivity index (χ2n) is 7.80. The first-order valence-electron chi connectivity index (χ1n) is 10.3. The lowest BCUT2D eigenvalue weighted by atomic mass is 10.0. The van der Waals surface area contributed by atoms with Crippen LogP contribution in [0.5, 0.6) is 5.75 Å². The lowest BCUT2D eigenvalue weighted by Gasteiger charge is -2.26. The maximum atomic E-state index is 12.6. The van der Waals surface area contributed by atoms with Gasteiger partial charge in [-0.25, -0.2) is 0 Å². The Labute approximate surface area is 177 Å². The summed E-state index contributed by atoms with van der Waals surface area (Å²) in [5.74, 6) is 0.740. The molecule has 2 heterocycles. The Balaban J connectivity index is 1.46. The molecule has 0 saturated heterocycles. The average Bonchev–Trinajstić information content (AvgIpc) is 3.01. The number of fused-ring (bicyclic) bond motifs is 1. The lowest BCUT2D eigenvalue weighted by Crippen LogP contribution is -2.30. The molecular formula is C25H27N3O2. The van der Waals surface area contributed by atoms with Gasteiger partial charge in [0.25, 0.3) is 0 Å². The van der Waals surface area contributed by atoms with E-state index in [-0.39, 0.29) is 11.9 Å². The Hall–Kier alpha value is -3.34. The van der Waals surface area contributed by atoms with E-state index in [4.69, 9.17) is 4.74 Å². The molecule has 1 aromatic heterocycles. The molecule has 0 saturated carbocycles. The summed E-state index contributed by atoms with van der Waals surface area (Å²) in [6.45, 7) is 7.42. The van der Waals surface area contributed by atoms with Crippen molar-refractivity contribution in [3.8, 4) is 5.75 Å². The van der Waals surface area contributed by atoms with Gasteiger partial charge in [0.15, 0.2) is 0 Å². The van der Waals surface area contributed by atoms with Gasteiger partial charge in [0.1, 0.15) is 5.75 Å². The van der Waals surface area contributed by atoms with Crippen molar-refractivity contribution in [1.29, 1.82) is 0 Å². The molecule has 0 fully saturated rings. The molecule has 1 aliphatic heterocycles. The summed E-state index contributed by atoms with van der Waals surface area (Å²) in [6.07, 6.45) is 4.23. The van der Waals surface area contributed by atoms with Crippen LogP contribution in [0.25, 0.3) is 6.08 Å². The third kappa shape index (κ3) is 4.30. The zero-order chi connectivity index (χ0) is 21.1. The number of benzene rings is 2. The minimum Gasteiger partial charge on any atom is -0.493 e. The fourth-order valence-corrected chi connectivity index (χ4v) is 3.84. The molecule has 30 heavy (non-hydrogen) atoms. The molecule has 0 aliphatic carbocycles. The number of aryl methyl sites for hydroxylation is 2. The number of carbonyl (C=O) groups excluding carboxylic acids is 1. The van der Waals surface area contributed by atoms with E-state index in [1.165, 1.54) is 11.1 Å². The van der Waals surface area contributed by atoms with Gasteiger partial charge >= 0.3 is 0 Å². The summed E-state index contributed by atoms with van der Waals surface area (Å²) in [4.78, 5) is 12.6. The first-order valence-corrected chi connectivity index (χ1v) is 10.3. The number of nitrogens with one attached hydrogen (secondary N) is 1. The van der Waals surface area contributed by atoms with Crippen LogP contribution in [-0.4, -0.2) is 22.3 Å². The molecular weight excluding hydrogens is 374 g/mol. The quantitative estimate of drug-likeness (QED) is 0.640. The Bertz CT molecular complexity index is 1080. The highest BCUT2D eigenvalue weighted by Crippen LogP contribution is 2.31. The number of carbonyl (C=O) groups is 1. The molecule has 1 atom stereocenters. The largest absolute Gasteiger partial charge is 0.493 e. The number of amides is 1. The number of aromatic nitrogens is 2. The van der Waals surface area contributed by atoms with Crippen LogP contribution in [0.4, 0.5) is 0 Å². The molecule has 5 heteroatoms. The summed E-state index contributed by atoms with van der Waals surface area (Å²) in [6, 6.07) is 16.3. The maximum Gasteiger partial charge on any atom is 0.244 e. The van der Waals surface area contributed by atoms with Gasteiger partial charge in [-0.3, -0.25) is 9.48 Å². The molecule has 5 nitrogen and oxygen atoms in total. The molecule has 1 unspecified atom stereocenters. The van der Waals surface area contributed by atoms with Crippen molar-refractivity contribution in [3.63, 3.8) is 0 Å². The second kappa shape index (κ2) is 8.57. The van der Waals surface area contributed by atoms with E-state index in [1.807, 2.05) is 48.9 Å². The Morgan fingerprint density at radius 3 is 2.73 bits per heavy atom. The van der Waals surface area contributed by atoms with Crippen LogP contribution in [0.15, 0.2) is 54.6 Å². The normalized spacial score (nSPS) is 15.6. The third-order valence-corrected chi connectivity index (χ3v) is 5.57. The highest BCUT2D eigenvalue weighted by atomic mass is 16.5. The zero-order valence-electron chi connectivity index (χ0n) is 17.7. The van der Waals surface area contributed by atoms with E-state index in [0.717, 1.165) is 34.7 Å². The van der Waals surface area contributed by atoms with E-state index < -0.39 is 0 Å². The standard InChI is InChI=1S/C25H27N3O2/c1-17-8-10-20(11-9-17)16-28-19(3)21(18(2)27-28)12-13-25(29)26-23-14-15-30-24-7-5-4-6-22(23)24/h4-13,23H,14-16H2,1-3H3,(H,26,29)/b13-12+. The fraction of sp³-hybridized carbons (Fsp3) is 0.280. The summed E-state index contributed by atoms with van der Waals surface area (Å²) >= 11 is 0. The molecule has 0 bridgehead atoms. The van der Waals surface area contributed by atoms with Crippen molar-refractivity contribution >= 4 is 12.0 Å². The monoisotopic (exact) mass is 401 g/mol. The van der Waals surface area contributed by atoms with Crippen molar-refractivity contribution in [1.82, 2.24) is 15.1 Å². The maximum absolute atomic E-state index is 12.6. The van der Waals surface area contributed by atoms with Gasteiger partial charge in [-0.15, -0.1) is 0 Å². The summed E-state index contributed by atoms with van der Waals surface area (Å²) in [7, 11) is 0. The molecule has 3 aromatic rings. The van der Waals surface area contributed by atoms with Crippen LogP contribution in [0, 0.1) is 20.8 Å². The highest BCUT2D eigenvalue weighted by Gasteiger charge is 2.21. The van der Waals surface area contributed by atoms with Crippen LogP contribution < -0.4 is 10.1 Å². The number of rotatable bonds is 5. The van der Waals surface area contributed by atoms with Gasteiger partial charge in [0.2, 0.25) is 5.91 Å². The van der Waals surface area contributed by atoms with Crippen LogP contribution in [0.2, 0.25) is 0 Å². The molecule has 2 aromatic carbocycles. The third-order valence-electron chi connectivity index (χ3n) is 5.57. The van der Waals surface area contributed by atoms with Crippen LogP contribution in [0.1, 0.15) is 46.1 Å². The van der Waals surface area contributed by atoms with Crippen molar-refractivity contribution in [3.05, 3.63) is 88.2 Å². The molecule has 1 amide bonds. The Kier molecular flexibility index (Phi) is 5.70. The van der Waals surface area contributed by atoms with Crippen molar-refractivity contribution in [2.24, 2.45) is 0 Å². The minimum absolute atomic E-state index is 0.0291. The van der Waals surface area contributed by atoms with Crippen molar-refractivity contribution in [2.75, 3.05) is 6.61 Å². The van der Waals surface area contributed by atoms with Gasteiger partial charge in [-0.2, -0.15) is 5.10 Å². The van der Waals surface area contributed by atoms with Crippen LogP contribution >= 0.6 is 0 Å². The van der Waals surface area contributed by atoms with Gasteiger partial charge in [0, 0.05) is 29.3 Å². The van der Waals surface area contributed by atoms with E-state index in [9.17, 15) is 4.79 Å².